The quantitative estimate of drug-likeness (QED) is 0.788. The van der Waals surface area contributed by atoms with Gasteiger partial charge in [0.15, 0.2) is 0 Å². The van der Waals surface area contributed by atoms with Gasteiger partial charge in [0.25, 0.3) is 0 Å². The molecular weight excluding hydrogens is 308 g/mol. The third-order valence-corrected chi connectivity index (χ3v) is 3.75. The molecule has 3 rings (SSSR count). The lowest BCUT2D eigenvalue weighted by molar-refractivity contribution is 0.0600. The van der Waals surface area contributed by atoms with Crippen LogP contribution in [-0.2, 0) is 15.9 Å². The monoisotopic (exact) mass is 326 g/mol. The molecule has 1 aromatic carbocycles. The number of carbonyl (C=O) groups excluding carboxylic acids is 1. The summed E-state index contributed by atoms with van der Waals surface area (Å²) in [6.45, 7) is 0.516. The Bertz CT molecular complexity index is 739. The molecule has 0 saturated heterocycles. The number of rotatable bonds is 5. The van der Waals surface area contributed by atoms with Gasteiger partial charge in [0.2, 0.25) is 5.90 Å². The van der Waals surface area contributed by atoms with Crippen LogP contribution in [0.5, 0.6) is 5.75 Å². The molecule has 0 spiro atoms. The van der Waals surface area contributed by atoms with Gasteiger partial charge in [-0.1, -0.05) is 12.1 Å². The predicted molar refractivity (Wildman–Crippen MR) is 88.6 cm³/mol. The minimum Gasteiger partial charge on any atom is -0.497 e. The van der Waals surface area contributed by atoms with Crippen molar-refractivity contribution in [1.82, 2.24) is 4.98 Å². The highest BCUT2D eigenvalue weighted by Crippen LogP contribution is 2.17. The zero-order valence-electron chi connectivity index (χ0n) is 13.6. The number of hydrogen-bond acceptors (Lipinski definition) is 6. The molecule has 124 valence electrons. The van der Waals surface area contributed by atoms with Crippen LogP contribution in [-0.4, -0.2) is 43.7 Å². The third-order valence-electron chi connectivity index (χ3n) is 3.75. The van der Waals surface area contributed by atoms with Crippen molar-refractivity contribution in [2.24, 2.45) is 4.99 Å². The fourth-order valence-corrected chi connectivity index (χ4v) is 2.45. The molecular formula is C18H18N2O4. The van der Waals surface area contributed by atoms with Crippen molar-refractivity contribution in [3.05, 3.63) is 59.4 Å². The number of esters is 1. The van der Waals surface area contributed by atoms with Crippen LogP contribution in [0.1, 0.15) is 21.6 Å². The maximum atomic E-state index is 11.4. The van der Waals surface area contributed by atoms with Crippen LogP contribution < -0.4 is 4.74 Å². The Morgan fingerprint density at radius 2 is 2.00 bits per heavy atom. The Morgan fingerprint density at radius 3 is 2.62 bits per heavy atom. The van der Waals surface area contributed by atoms with Crippen LogP contribution in [0.2, 0.25) is 0 Å². The largest absolute Gasteiger partial charge is 0.497 e. The average molecular weight is 326 g/mol. The predicted octanol–water partition coefficient (Wildman–Crippen LogP) is 2.26. The fourth-order valence-electron chi connectivity index (χ4n) is 2.45. The van der Waals surface area contributed by atoms with Crippen molar-refractivity contribution >= 4 is 11.9 Å². The van der Waals surface area contributed by atoms with Crippen molar-refractivity contribution in [1.29, 1.82) is 0 Å². The average Bonchev–Trinajstić information content (AvgIpc) is 3.10. The summed E-state index contributed by atoms with van der Waals surface area (Å²) in [6, 6.07) is 11.3. The molecule has 0 bridgehead atoms. The van der Waals surface area contributed by atoms with Gasteiger partial charge in [-0.05, 0) is 36.2 Å². The Hall–Kier alpha value is -2.89. The molecule has 24 heavy (non-hydrogen) atoms. The second-order valence-electron chi connectivity index (χ2n) is 5.37. The van der Waals surface area contributed by atoms with Gasteiger partial charge in [-0.3, -0.25) is 4.98 Å². The molecule has 2 heterocycles. The maximum Gasteiger partial charge on any atom is 0.339 e. The lowest BCUT2D eigenvalue weighted by Crippen LogP contribution is -2.10. The summed E-state index contributed by atoms with van der Waals surface area (Å²) in [6.07, 6.45) is 2.25. The number of benzene rings is 1. The van der Waals surface area contributed by atoms with Gasteiger partial charge in [0.05, 0.1) is 25.8 Å². The molecule has 0 unspecified atom stereocenters. The summed E-state index contributed by atoms with van der Waals surface area (Å²) in [5.74, 6) is 0.922. The molecule has 0 radical (unpaired) electrons. The smallest absolute Gasteiger partial charge is 0.339 e. The number of aromatic nitrogens is 1. The number of ether oxygens (including phenoxy) is 3. The van der Waals surface area contributed by atoms with Crippen LogP contribution in [0.25, 0.3) is 0 Å². The van der Waals surface area contributed by atoms with E-state index in [0.717, 1.165) is 12.2 Å². The molecule has 0 saturated carbocycles. The topological polar surface area (TPSA) is 70.0 Å². The van der Waals surface area contributed by atoms with Crippen LogP contribution in [0.3, 0.4) is 0 Å². The van der Waals surface area contributed by atoms with E-state index < -0.39 is 5.97 Å². The Morgan fingerprint density at radius 1 is 1.21 bits per heavy atom. The van der Waals surface area contributed by atoms with E-state index >= 15 is 0 Å². The van der Waals surface area contributed by atoms with Crippen LogP contribution in [0.4, 0.5) is 0 Å². The van der Waals surface area contributed by atoms with Crippen molar-refractivity contribution in [3.8, 4) is 5.75 Å². The molecule has 0 N–H and O–H groups in total. The Kier molecular flexibility index (Phi) is 4.74. The zero-order chi connectivity index (χ0) is 16.9. The number of hydrogen-bond donors (Lipinski definition) is 0. The van der Waals surface area contributed by atoms with Crippen molar-refractivity contribution < 1.29 is 19.0 Å². The molecule has 1 atom stereocenters. The highest BCUT2D eigenvalue weighted by molar-refractivity contribution is 5.94. The van der Waals surface area contributed by atoms with E-state index in [1.807, 2.05) is 24.3 Å². The van der Waals surface area contributed by atoms with Crippen molar-refractivity contribution in [2.75, 3.05) is 20.8 Å². The lowest BCUT2D eigenvalue weighted by atomic mass is 10.1. The van der Waals surface area contributed by atoms with E-state index in [2.05, 4.69) is 14.7 Å². The van der Waals surface area contributed by atoms with Gasteiger partial charge >= 0.3 is 5.97 Å². The first-order valence-electron chi connectivity index (χ1n) is 7.58. The molecule has 6 nitrogen and oxygen atoms in total. The maximum absolute atomic E-state index is 11.4. The number of methoxy groups -OCH3 is 2. The van der Waals surface area contributed by atoms with E-state index in [-0.39, 0.29) is 6.04 Å². The van der Waals surface area contributed by atoms with Gasteiger partial charge in [-0.2, -0.15) is 0 Å². The van der Waals surface area contributed by atoms with Crippen LogP contribution in [0.15, 0.2) is 47.6 Å². The lowest BCUT2D eigenvalue weighted by Gasteiger charge is -2.06. The number of nitrogens with zero attached hydrogens (tertiary/aromatic N) is 2. The molecule has 0 amide bonds. The number of pyridine rings is 1. The minimum atomic E-state index is -0.416. The fraction of sp³-hybridized carbons (Fsp3) is 0.278. The molecule has 1 aliphatic rings. The normalized spacial score (nSPS) is 16.2. The van der Waals surface area contributed by atoms with Crippen LogP contribution in [0, 0.1) is 0 Å². The van der Waals surface area contributed by atoms with E-state index in [0.29, 0.717) is 23.8 Å². The molecule has 0 aliphatic carbocycles. The molecule has 1 aliphatic heterocycles. The van der Waals surface area contributed by atoms with Crippen LogP contribution >= 0.6 is 0 Å². The Balaban J connectivity index is 1.67. The van der Waals surface area contributed by atoms with Gasteiger partial charge in [0, 0.05) is 6.20 Å². The van der Waals surface area contributed by atoms with E-state index in [9.17, 15) is 4.79 Å². The molecule has 0 fully saturated rings. The third kappa shape index (κ3) is 3.53. The standard InChI is InChI=1S/C18H18N2O4/c1-22-15-6-3-12(4-7-15)9-14-11-24-17(20-14)16-8-5-13(10-19-16)18(21)23-2/h3-8,10,14H,9,11H2,1-2H3/t14-/m0/s1. The number of aliphatic imine (C=N–C) groups is 1. The van der Waals surface area contributed by atoms with Crippen molar-refractivity contribution in [2.45, 2.75) is 12.5 Å². The molecule has 6 heteroatoms. The van der Waals surface area contributed by atoms with E-state index in [4.69, 9.17) is 9.47 Å². The summed E-state index contributed by atoms with van der Waals surface area (Å²) in [5.41, 5.74) is 2.18. The van der Waals surface area contributed by atoms with Crippen molar-refractivity contribution in [3.63, 3.8) is 0 Å². The van der Waals surface area contributed by atoms with Gasteiger partial charge in [0.1, 0.15) is 18.1 Å². The zero-order valence-corrected chi connectivity index (χ0v) is 13.6. The Labute approximate surface area is 140 Å². The highest BCUT2D eigenvalue weighted by Gasteiger charge is 2.21. The van der Waals surface area contributed by atoms with E-state index in [1.54, 1.807) is 19.2 Å². The second-order valence-corrected chi connectivity index (χ2v) is 5.37. The summed E-state index contributed by atoms with van der Waals surface area (Å²) in [4.78, 5) is 20.2. The van der Waals surface area contributed by atoms with Gasteiger partial charge < -0.3 is 14.2 Å². The summed E-state index contributed by atoms with van der Waals surface area (Å²) >= 11 is 0. The van der Waals surface area contributed by atoms with Gasteiger partial charge in [-0.15, -0.1) is 0 Å². The first kappa shape index (κ1) is 16.0. The first-order valence-corrected chi connectivity index (χ1v) is 7.58. The second kappa shape index (κ2) is 7.12. The summed E-state index contributed by atoms with van der Waals surface area (Å²) in [5, 5.41) is 0. The van der Waals surface area contributed by atoms with E-state index in [1.165, 1.54) is 18.9 Å². The SMILES string of the molecule is COC(=O)c1ccc(C2=N[C@@H](Cc3ccc(OC)cc3)CO2)nc1. The summed E-state index contributed by atoms with van der Waals surface area (Å²) in [7, 11) is 2.99. The molecule has 2 aromatic rings. The summed E-state index contributed by atoms with van der Waals surface area (Å²) < 4.78 is 15.4. The minimum absolute atomic E-state index is 0.0514. The molecule has 1 aromatic heterocycles. The highest BCUT2D eigenvalue weighted by atomic mass is 16.5. The number of carbonyl (C=O) groups is 1. The first-order chi connectivity index (χ1) is 11.7. The van der Waals surface area contributed by atoms with Gasteiger partial charge in [-0.25, -0.2) is 9.79 Å².